The Hall–Kier alpha value is -1.86. The fourth-order valence-electron chi connectivity index (χ4n) is 3.91. The summed E-state index contributed by atoms with van der Waals surface area (Å²) in [5, 5.41) is 6.92. The van der Waals surface area contributed by atoms with Gasteiger partial charge in [0.1, 0.15) is 5.82 Å². The Morgan fingerprint density at radius 3 is 2.93 bits per heavy atom. The summed E-state index contributed by atoms with van der Waals surface area (Å²) in [7, 11) is 1.76. The number of anilines is 1. The van der Waals surface area contributed by atoms with Gasteiger partial charge in [-0.2, -0.15) is 0 Å². The molecule has 2 aliphatic heterocycles. The van der Waals surface area contributed by atoms with Crippen LogP contribution in [0, 0.1) is 5.82 Å². The predicted molar refractivity (Wildman–Crippen MR) is 111 cm³/mol. The van der Waals surface area contributed by atoms with Gasteiger partial charge in [-0.3, -0.25) is 4.99 Å². The Balaban J connectivity index is 1.62. The van der Waals surface area contributed by atoms with Crippen LogP contribution in [0.1, 0.15) is 32.6 Å². The molecule has 1 atom stereocenters. The van der Waals surface area contributed by atoms with Crippen molar-refractivity contribution in [3.8, 4) is 0 Å². The number of guanidine groups is 1. The second-order valence-corrected chi connectivity index (χ2v) is 7.60. The average molecular weight is 393 g/mol. The summed E-state index contributed by atoms with van der Waals surface area (Å²) in [5.74, 6) is 0.625. The van der Waals surface area contributed by atoms with E-state index in [1.807, 2.05) is 6.07 Å². The first-order valence-corrected chi connectivity index (χ1v) is 10.3. The van der Waals surface area contributed by atoms with Crippen molar-refractivity contribution in [2.75, 3.05) is 51.4 Å². The molecule has 6 nitrogen and oxygen atoms in total. The molecule has 0 saturated carbocycles. The van der Waals surface area contributed by atoms with Crippen LogP contribution >= 0.6 is 0 Å². The molecular formula is C21H33FN4O2. The summed E-state index contributed by atoms with van der Waals surface area (Å²) in [4.78, 5) is 7.06. The number of ether oxygens (including phenoxy) is 2. The first-order valence-electron chi connectivity index (χ1n) is 10.3. The number of piperidine rings is 1. The normalized spacial score (nSPS) is 22.8. The van der Waals surface area contributed by atoms with Crippen LogP contribution in [0.25, 0.3) is 0 Å². The number of nitrogens with one attached hydrogen (secondary N) is 2. The number of hydrogen-bond donors (Lipinski definition) is 2. The second kappa shape index (κ2) is 10.1. The summed E-state index contributed by atoms with van der Waals surface area (Å²) in [5.41, 5.74) is 0.704. The lowest BCUT2D eigenvalue weighted by Gasteiger charge is -2.36. The first kappa shape index (κ1) is 20.9. The van der Waals surface area contributed by atoms with Crippen LogP contribution in [0.4, 0.5) is 10.1 Å². The molecule has 1 unspecified atom stereocenters. The van der Waals surface area contributed by atoms with Crippen LogP contribution in [-0.2, 0) is 9.47 Å². The van der Waals surface area contributed by atoms with E-state index in [-0.39, 0.29) is 17.5 Å². The third-order valence-electron chi connectivity index (χ3n) is 5.64. The summed E-state index contributed by atoms with van der Waals surface area (Å²) in [6.45, 7) is 6.70. The molecule has 0 radical (unpaired) electrons. The maximum atomic E-state index is 13.6. The number of hydrogen-bond acceptors (Lipinski definition) is 4. The molecule has 2 N–H and O–H groups in total. The van der Waals surface area contributed by atoms with Gasteiger partial charge in [-0.1, -0.05) is 6.07 Å². The standard InChI is InChI=1S/C21H33FN4O2/c1-3-23-20(24-16-21(27-2)9-12-28-13-10-21)25-18-7-5-11-26(15-18)19-8-4-6-17(22)14-19/h4,6,8,14,18H,3,5,7,9-13,15-16H2,1-2H3,(H2,23,24,25). The van der Waals surface area contributed by atoms with E-state index < -0.39 is 0 Å². The number of rotatable bonds is 6. The smallest absolute Gasteiger partial charge is 0.191 e. The van der Waals surface area contributed by atoms with Crippen molar-refractivity contribution in [1.29, 1.82) is 0 Å². The number of methoxy groups -OCH3 is 1. The molecule has 2 heterocycles. The van der Waals surface area contributed by atoms with Crippen LogP contribution in [0.5, 0.6) is 0 Å². The molecular weight excluding hydrogens is 359 g/mol. The van der Waals surface area contributed by atoms with E-state index in [9.17, 15) is 4.39 Å². The van der Waals surface area contributed by atoms with E-state index in [4.69, 9.17) is 14.5 Å². The zero-order chi connectivity index (χ0) is 19.8. The van der Waals surface area contributed by atoms with E-state index >= 15 is 0 Å². The average Bonchev–Trinajstić information content (AvgIpc) is 2.73. The number of benzene rings is 1. The minimum absolute atomic E-state index is 0.191. The lowest BCUT2D eigenvalue weighted by atomic mass is 9.94. The van der Waals surface area contributed by atoms with Crippen molar-refractivity contribution >= 4 is 11.6 Å². The molecule has 0 aromatic heterocycles. The van der Waals surface area contributed by atoms with Gasteiger partial charge in [-0.15, -0.1) is 0 Å². The van der Waals surface area contributed by atoms with E-state index in [2.05, 4.69) is 22.5 Å². The molecule has 1 aromatic carbocycles. The van der Waals surface area contributed by atoms with Crippen LogP contribution < -0.4 is 15.5 Å². The molecule has 7 heteroatoms. The van der Waals surface area contributed by atoms with Gasteiger partial charge in [0.15, 0.2) is 5.96 Å². The summed E-state index contributed by atoms with van der Waals surface area (Å²) in [6, 6.07) is 7.10. The van der Waals surface area contributed by atoms with Crippen molar-refractivity contribution in [2.45, 2.75) is 44.2 Å². The van der Waals surface area contributed by atoms with Crippen LogP contribution in [0.15, 0.2) is 29.3 Å². The van der Waals surface area contributed by atoms with Crippen molar-refractivity contribution in [2.24, 2.45) is 4.99 Å². The molecule has 2 aliphatic rings. The zero-order valence-electron chi connectivity index (χ0n) is 17.0. The van der Waals surface area contributed by atoms with Crippen molar-refractivity contribution in [3.63, 3.8) is 0 Å². The SMILES string of the molecule is CCNC(=NCC1(OC)CCOCC1)NC1CCCN(c2cccc(F)c2)C1. The maximum absolute atomic E-state index is 13.6. The Labute approximate surface area is 167 Å². The maximum Gasteiger partial charge on any atom is 0.191 e. The van der Waals surface area contributed by atoms with Gasteiger partial charge in [-0.05, 0) is 38.0 Å². The molecule has 1 aromatic rings. The Morgan fingerprint density at radius 2 is 2.21 bits per heavy atom. The molecule has 0 spiro atoms. The molecule has 2 fully saturated rings. The number of aliphatic imine (C=N–C) groups is 1. The van der Waals surface area contributed by atoms with Gasteiger partial charge in [0.25, 0.3) is 0 Å². The molecule has 156 valence electrons. The van der Waals surface area contributed by atoms with Gasteiger partial charge in [0.2, 0.25) is 0 Å². The van der Waals surface area contributed by atoms with Gasteiger partial charge in [0.05, 0.1) is 12.1 Å². The third-order valence-corrected chi connectivity index (χ3v) is 5.64. The minimum Gasteiger partial charge on any atom is -0.381 e. The van der Waals surface area contributed by atoms with Crippen LogP contribution in [0.3, 0.4) is 0 Å². The quantitative estimate of drug-likeness (QED) is 0.576. The Morgan fingerprint density at radius 1 is 1.39 bits per heavy atom. The van der Waals surface area contributed by atoms with Crippen molar-refractivity contribution in [1.82, 2.24) is 10.6 Å². The Kier molecular flexibility index (Phi) is 7.50. The highest BCUT2D eigenvalue weighted by Gasteiger charge is 2.32. The van der Waals surface area contributed by atoms with Gasteiger partial charge in [-0.25, -0.2) is 4.39 Å². The van der Waals surface area contributed by atoms with Gasteiger partial charge >= 0.3 is 0 Å². The first-order chi connectivity index (χ1) is 13.6. The molecule has 3 rings (SSSR count). The summed E-state index contributed by atoms with van der Waals surface area (Å²) < 4.78 is 24.9. The lowest BCUT2D eigenvalue weighted by molar-refractivity contribution is -0.0828. The molecule has 2 saturated heterocycles. The highest BCUT2D eigenvalue weighted by atomic mass is 19.1. The van der Waals surface area contributed by atoms with Crippen LogP contribution in [0.2, 0.25) is 0 Å². The fourth-order valence-corrected chi connectivity index (χ4v) is 3.91. The van der Waals surface area contributed by atoms with E-state index in [1.165, 1.54) is 6.07 Å². The van der Waals surface area contributed by atoms with Crippen LogP contribution in [-0.4, -0.2) is 64.1 Å². The molecule has 0 bridgehead atoms. The van der Waals surface area contributed by atoms with Gasteiger partial charge < -0.3 is 25.0 Å². The van der Waals surface area contributed by atoms with E-state index in [1.54, 1.807) is 19.2 Å². The monoisotopic (exact) mass is 392 g/mol. The van der Waals surface area contributed by atoms with E-state index in [0.717, 1.165) is 70.2 Å². The lowest BCUT2D eigenvalue weighted by Crippen LogP contribution is -2.52. The highest BCUT2D eigenvalue weighted by Crippen LogP contribution is 2.25. The van der Waals surface area contributed by atoms with Crippen molar-refractivity contribution in [3.05, 3.63) is 30.1 Å². The second-order valence-electron chi connectivity index (χ2n) is 7.60. The number of halogens is 1. The Bertz CT molecular complexity index is 649. The molecule has 0 aliphatic carbocycles. The van der Waals surface area contributed by atoms with Gasteiger partial charge in [0, 0.05) is 64.5 Å². The molecule has 0 amide bonds. The number of nitrogens with zero attached hydrogens (tertiary/aromatic N) is 2. The highest BCUT2D eigenvalue weighted by molar-refractivity contribution is 5.80. The van der Waals surface area contributed by atoms with E-state index in [0.29, 0.717) is 6.54 Å². The molecule has 28 heavy (non-hydrogen) atoms. The minimum atomic E-state index is -0.235. The topological polar surface area (TPSA) is 58.1 Å². The summed E-state index contributed by atoms with van der Waals surface area (Å²) >= 11 is 0. The largest absolute Gasteiger partial charge is 0.381 e. The third kappa shape index (κ3) is 5.58. The summed E-state index contributed by atoms with van der Waals surface area (Å²) in [6.07, 6.45) is 3.86. The fraction of sp³-hybridized carbons (Fsp3) is 0.667. The predicted octanol–water partition coefficient (Wildman–Crippen LogP) is 2.55. The van der Waals surface area contributed by atoms with Crippen molar-refractivity contribution < 1.29 is 13.9 Å². The zero-order valence-corrected chi connectivity index (χ0v) is 17.0.